The fourth-order valence-corrected chi connectivity index (χ4v) is 1.62. The second-order valence-electron chi connectivity index (χ2n) is 5.07. The monoisotopic (exact) mass is 217 g/mol. The second-order valence-corrected chi connectivity index (χ2v) is 5.07. The molecule has 0 saturated carbocycles. The highest BCUT2D eigenvalue weighted by molar-refractivity contribution is 5.49. The van der Waals surface area contributed by atoms with E-state index in [1.807, 2.05) is 12.3 Å². The van der Waals surface area contributed by atoms with Crippen LogP contribution in [-0.4, -0.2) is 4.98 Å². The highest BCUT2D eigenvalue weighted by Crippen LogP contribution is 2.08. The minimum absolute atomic E-state index is 0.550. The Bertz CT molecular complexity index is 421. The van der Waals surface area contributed by atoms with Crippen LogP contribution in [0.5, 0.6) is 0 Å². The van der Waals surface area contributed by atoms with E-state index in [0.29, 0.717) is 11.8 Å². The van der Waals surface area contributed by atoms with Gasteiger partial charge in [0.2, 0.25) is 0 Å². The third-order valence-corrected chi connectivity index (χ3v) is 3.34. The number of hydrogen-bond acceptors (Lipinski definition) is 1. The Morgan fingerprint density at radius 1 is 1.00 bits per heavy atom. The van der Waals surface area contributed by atoms with E-state index in [2.05, 4.69) is 52.6 Å². The standard InChI is InChI=1S/C15H23N/c1-10(2)12(5)14-8-7-9-16-15(14)13(6)11(3)4/h7-11H,1-6H3/b14-12+,15-13-. The first-order valence-corrected chi connectivity index (χ1v) is 6.07. The molecule has 0 radical (unpaired) electrons. The van der Waals surface area contributed by atoms with Gasteiger partial charge in [-0.25, -0.2) is 0 Å². The molecular weight excluding hydrogens is 194 g/mol. The van der Waals surface area contributed by atoms with Gasteiger partial charge in [-0.1, -0.05) is 39.3 Å². The minimum atomic E-state index is 0.550. The fraction of sp³-hybridized carbons (Fsp3) is 0.533. The van der Waals surface area contributed by atoms with Gasteiger partial charge < -0.3 is 0 Å². The lowest BCUT2D eigenvalue weighted by Crippen LogP contribution is -2.33. The van der Waals surface area contributed by atoms with Crippen LogP contribution < -0.4 is 10.6 Å². The summed E-state index contributed by atoms with van der Waals surface area (Å²) in [5.74, 6) is 1.12. The number of aromatic nitrogens is 1. The summed E-state index contributed by atoms with van der Waals surface area (Å²) in [5, 5.41) is 2.48. The molecular formula is C15H23N. The lowest BCUT2D eigenvalue weighted by molar-refractivity contribution is 0.824. The summed E-state index contributed by atoms with van der Waals surface area (Å²) in [6.07, 6.45) is 1.89. The van der Waals surface area contributed by atoms with Crippen LogP contribution in [0.15, 0.2) is 18.3 Å². The molecule has 1 heteroatoms. The lowest BCUT2D eigenvalue weighted by atomic mass is 9.99. The molecule has 0 aliphatic carbocycles. The molecule has 1 aromatic rings. The third kappa shape index (κ3) is 2.72. The Hall–Kier alpha value is -1.11. The molecule has 0 aromatic carbocycles. The van der Waals surface area contributed by atoms with Crippen LogP contribution in [0.4, 0.5) is 0 Å². The molecule has 0 aliphatic heterocycles. The van der Waals surface area contributed by atoms with Crippen molar-refractivity contribution in [3.63, 3.8) is 0 Å². The van der Waals surface area contributed by atoms with Crippen LogP contribution in [0.1, 0.15) is 41.5 Å². The Morgan fingerprint density at radius 3 is 2.06 bits per heavy atom. The van der Waals surface area contributed by atoms with E-state index in [0.717, 1.165) is 0 Å². The molecule has 0 fully saturated rings. The maximum Gasteiger partial charge on any atom is 0.0693 e. The maximum absolute atomic E-state index is 4.55. The van der Waals surface area contributed by atoms with E-state index in [9.17, 15) is 0 Å². The number of rotatable bonds is 2. The van der Waals surface area contributed by atoms with Gasteiger partial charge in [-0.15, -0.1) is 0 Å². The number of nitrogens with zero attached hydrogens (tertiary/aromatic N) is 1. The summed E-state index contributed by atoms with van der Waals surface area (Å²) in [4.78, 5) is 4.55. The second kappa shape index (κ2) is 5.29. The molecule has 0 atom stereocenters. The van der Waals surface area contributed by atoms with Crippen molar-refractivity contribution in [1.82, 2.24) is 4.98 Å². The summed E-state index contributed by atoms with van der Waals surface area (Å²) >= 11 is 0. The predicted octanol–water partition coefficient (Wildman–Crippen LogP) is 2.73. The molecule has 0 N–H and O–H groups in total. The van der Waals surface area contributed by atoms with E-state index < -0.39 is 0 Å². The smallest absolute Gasteiger partial charge is 0.0693 e. The van der Waals surface area contributed by atoms with E-state index in [-0.39, 0.29) is 0 Å². The van der Waals surface area contributed by atoms with Crippen LogP contribution in [-0.2, 0) is 0 Å². The summed E-state index contributed by atoms with van der Waals surface area (Å²) in [6.45, 7) is 13.3. The van der Waals surface area contributed by atoms with Crippen molar-refractivity contribution in [3.8, 4) is 0 Å². The maximum atomic E-state index is 4.55. The zero-order valence-electron chi connectivity index (χ0n) is 11.3. The average molecular weight is 217 g/mol. The predicted molar refractivity (Wildman–Crippen MR) is 71.3 cm³/mol. The Balaban J connectivity index is 3.68. The Morgan fingerprint density at radius 2 is 1.56 bits per heavy atom. The molecule has 0 amide bonds. The first-order valence-electron chi connectivity index (χ1n) is 6.07. The third-order valence-electron chi connectivity index (χ3n) is 3.34. The molecule has 1 rings (SSSR count). The van der Waals surface area contributed by atoms with E-state index in [1.54, 1.807) is 0 Å². The molecule has 1 heterocycles. The average Bonchev–Trinajstić information content (AvgIpc) is 2.26. The van der Waals surface area contributed by atoms with Crippen LogP contribution in [0.2, 0.25) is 0 Å². The van der Waals surface area contributed by atoms with Gasteiger partial charge in [0.05, 0.1) is 5.35 Å². The van der Waals surface area contributed by atoms with Gasteiger partial charge in [-0.2, -0.15) is 0 Å². The summed E-state index contributed by atoms with van der Waals surface area (Å²) in [5.41, 5.74) is 2.79. The van der Waals surface area contributed by atoms with Gasteiger partial charge >= 0.3 is 0 Å². The van der Waals surface area contributed by atoms with Crippen LogP contribution in [0.3, 0.4) is 0 Å². The van der Waals surface area contributed by atoms with Crippen molar-refractivity contribution in [1.29, 1.82) is 0 Å². The Kier molecular flexibility index (Phi) is 4.28. The minimum Gasteiger partial charge on any atom is -0.256 e. The molecule has 16 heavy (non-hydrogen) atoms. The summed E-state index contributed by atoms with van der Waals surface area (Å²) in [6, 6.07) is 4.21. The van der Waals surface area contributed by atoms with E-state index >= 15 is 0 Å². The van der Waals surface area contributed by atoms with Crippen LogP contribution >= 0.6 is 0 Å². The lowest BCUT2D eigenvalue weighted by Gasteiger charge is -2.08. The first-order chi connectivity index (χ1) is 7.45. The molecule has 0 bridgehead atoms. The molecule has 0 spiro atoms. The molecule has 1 aromatic heterocycles. The van der Waals surface area contributed by atoms with Gasteiger partial charge in [-0.05, 0) is 42.5 Å². The molecule has 0 saturated heterocycles. The van der Waals surface area contributed by atoms with E-state index in [1.165, 1.54) is 21.7 Å². The number of hydrogen-bond donors (Lipinski definition) is 0. The van der Waals surface area contributed by atoms with Gasteiger partial charge in [0.15, 0.2) is 0 Å². The van der Waals surface area contributed by atoms with Gasteiger partial charge in [0.1, 0.15) is 0 Å². The molecule has 88 valence electrons. The molecule has 0 aliphatic rings. The van der Waals surface area contributed by atoms with Gasteiger partial charge in [-0.3, -0.25) is 4.98 Å². The molecule has 0 unspecified atom stereocenters. The van der Waals surface area contributed by atoms with Crippen molar-refractivity contribution in [2.24, 2.45) is 11.8 Å². The Labute approximate surface area is 98.9 Å². The first kappa shape index (κ1) is 13.0. The summed E-state index contributed by atoms with van der Waals surface area (Å²) < 4.78 is 0. The zero-order valence-corrected chi connectivity index (χ0v) is 11.3. The summed E-state index contributed by atoms with van der Waals surface area (Å²) in [7, 11) is 0. The SMILES string of the molecule is C/C(=c1/nccc/c1=C(/C)C(C)C)C(C)C. The number of pyridine rings is 1. The fourth-order valence-electron chi connectivity index (χ4n) is 1.62. The van der Waals surface area contributed by atoms with Crippen molar-refractivity contribution in [3.05, 3.63) is 28.9 Å². The van der Waals surface area contributed by atoms with Crippen molar-refractivity contribution < 1.29 is 0 Å². The normalized spacial score (nSPS) is 15.5. The quantitative estimate of drug-likeness (QED) is 0.742. The highest BCUT2D eigenvalue weighted by Gasteiger charge is 2.03. The van der Waals surface area contributed by atoms with Gasteiger partial charge in [0, 0.05) is 6.20 Å². The van der Waals surface area contributed by atoms with Crippen molar-refractivity contribution in [2.45, 2.75) is 41.5 Å². The zero-order chi connectivity index (χ0) is 12.3. The highest BCUT2D eigenvalue weighted by atomic mass is 14.6. The van der Waals surface area contributed by atoms with Crippen LogP contribution in [0, 0.1) is 11.8 Å². The molecule has 1 nitrogen and oxygen atoms in total. The van der Waals surface area contributed by atoms with E-state index in [4.69, 9.17) is 0 Å². The van der Waals surface area contributed by atoms with Crippen molar-refractivity contribution >= 4 is 11.1 Å². The topological polar surface area (TPSA) is 12.9 Å². The largest absolute Gasteiger partial charge is 0.256 e. The van der Waals surface area contributed by atoms with Gasteiger partial charge in [0.25, 0.3) is 0 Å². The van der Waals surface area contributed by atoms with Crippen molar-refractivity contribution in [2.75, 3.05) is 0 Å². The van der Waals surface area contributed by atoms with Crippen LogP contribution in [0.25, 0.3) is 11.1 Å².